The second-order valence-electron chi connectivity index (χ2n) is 36.0. The van der Waals surface area contributed by atoms with E-state index in [4.69, 9.17) is 23.2 Å². The number of rotatable bonds is 13. The number of pyridine rings is 4. The largest absolute Gasteiger partial charge is 0.309 e. The van der Waals surface area contributed by atoms with Gasteiger partial charge in [0.2, 0.25) is 0 Å². The van der Waals surface area contributed by atoms with Crippen LogP contribution >= 0.6 is 23.2 Å². The predicted molar refractivity (Wildman–Crippen MR) is 489 cm³/mol. The van der Waals surface area contributed by atoms with E-state index in [1.165, 1.54) is 18.3 Å². The summed E-state index contributed by atoms with van der Waals surface area (Å²) < 4.78 is 7.60. The summed E-state index contributed by atoms with van der Waals surface area (Å²) >= 11 is 16.4. The third-order valence-corrected chi connectivity index (χ3v) is 27.7. The van der Waals surface area contributed by atoms with Crippen molar-refractivity contribution in [3.8, 4) is 22.7 Å². The molecule has 5 heterocycles. The van der Waals surface area contributed by atoms with Gasteiger partial charge in [0, 0.05) is 123 Å². The van der Waals surface area contributed by atoms with Crippen molar-refractivity contribution in [2.45, 2.75) is 159 Å². The van der Waals surface area contributed by atoms with E-state index in [-0.39, 0.29) is 106 Å². The van der Waals surface area contributed by atoms with Crippen LogP contribution in [0.15, 0.2) is 177 Å². The van der Waals surface area contributed by atoms with Gasteiger partial charge in [-0.3, -0.25) is 38.4 Å². The molecule has 0 atom stereocenters. The molecule has 0 radical (unpaired) electrons. The first kappa shape index (κ1) is 71.6. The van der Waals surface area contributed by atoms with Gasteiger partial charge in [-0.15, -0.1) is 0 Å². The fraction of sp³-hybridized carbons (Fsp3) is 0.255. The second-order valence-corrected chi connectivity index (χ2v) is 36.8. The maximum absolute atomic E-state index is 18.2. The van der Waals surface area contributed by atoms with E-state index in [9.17, 15) is 0 Å². The molecule has 16 aromatic carbocycles. The molecular formula is C102H81Cl2N5O8. The summed E-state index contributed by atoms with van der Waals surface area (Å²) in [4.78, 5) is 139. The molecule has 22 rings (SSSR count). The van der Waals surface area contributed by atoms with Crippen molar-refractivity contribution < 1.29 is 0 Å². The van der Waals surface area contributed by atoms with Crippen LogP contribution in [-0.4, -0.2) is 22.8 Å². The molecule has 117 heavy (non-hydrogen) atoms. The molecule has 0 spiro atoms. The minimum Gasteiger partial charge on any atom is -0.309 e. The molecule has 576 valence electrons. The van der Waals surface area contributed by atoms with Crippen LogP contribution in [0.3, 0.4) is 0 Å². The van der Waals surface area contributed by atoms with Crippen LogP contribution in [0.4, 0.5) is 0 Å². The van der Waals surface area contributed by atoms with E-state index >= 15 is 38.4 Å². The minimum atomic E-state index is -0.622. The predicted octanol–water partition coefficient (Wildman–Crippen LogP) is 23.7. The van der Waals surface area contributed by atoms with Gasteiger partial charge in [0.05, 0.1) is 66.1 Å². The molecule has 13 nitrogen and oxygen atoms in total. The zero-order valence-electron chi connectivity index (χ0n) is 67.9. The lowest BCUT2D eigenvalue weighted by molar-refractivity contribution is 0.675. The van der Waals surface area contributed by atoms with Crippen molar-refractivity contribution in [2.24, 2.45) is 11.8 Å². The molecule has 5 aromatic heterocycles. The Kier molecular flexibility index (Phi) is 14.6. The Balaban J connectivity index is 1.14. The fourth-order valence-corrected chi connectivity index (χ4v) is 22.9. The van der Waals surface area contributed by atoms with Gasteiger partial charge in [0.25, 0.3) is 44.5 Å². The standard InChI is InChI=1S/C102H81Cl2N5O8/c1-40(2)49-26-20-27-50(41(3)4)91(49)106-95(110)59-34-57-71-81-69(59)61(97(106)112)36-65(103)77(81)78-66(104)37-62-75-83(78)85(71)87-74(89(75)101(116)108(98(62)113)93-53(44(9)10)30-22-31-54(93)45(11)12)58-35-60-70-63(99(114)107(96(60)111)92-51(42(5)6)28-21-29-52(92)43(7)8)38-67-79-80-68(105(67)48-24-18-17-19-25-48)39-64-76-84(80)86(72(58)82(70)79)88(87)73(57)90(76)102(117)109(100(64)115)94-55(46(13)14)32-23-33-56(94)47(15)16/h17-21,23-30,32-47H,22,31H2,1-16H3. The number of allylic oxidation sites excluding steroid dienone is 4. The van der Waals surface area contributed by atoms with E-state index in [1.54, 1.807) is 12.1 Å². The Morgan fingerprint density at radius 2 is 0.556 bits per heavy atom. The summed E-state index contributed by atoms with van der Waals surface area (Å²) in [6.45, 7) is 33.0. The van der Waals surface area contributed by atoms with Gasteiger partial charge in [-0.2, -0.15) is 0 Å². The van der Waals surface area contributed by atoms with E-state index in [2.05, 4.69) is 93.7 Å². The zero-order valence-corrected chi connectivity index (χ0v) is 69.4. The highest BCUT2D eigenvalue weighted by molar-refractivity contribution is 6.64. The molecule has 0 fully saturated rings. The average Bonchev–Trinajstić information content (AvgIpc) is 1.63. The summed E-state index contributed by atoms with van der Waals surface area (Å²) in [5, 5.41) is 11.7. The number of benzene rings is 16. The van der Waals surface area contributed by atoms with Gasteiger partial charge in [-0.1, -0.05) is 213 Å². The van der Waals surface area contributed by atoms with Gasteiger partial charge >= 0.3 is 0 Å². The monoisotopic (exact) mass is 1570 g/mol. The van der Waals surface area contributed by atoms with Gasteiger partial charge in [0.1, 0.15) is 0 Å². The molecule has 15 heteroatoms. The molecule has 1 aliphatic carbocycles. The molecule has 0 unspecified atom stereocenters. The Morgan fingerprint density at radius 1 is 0.256 bits per heavy atom. The van der Waals surface area contributed by atoms with E-state index in [0.717, 1.165) is 44.5 Å². The number of nitrogens with zero attached hydrogens (tertiary/aromatic N) is 5. The Bertz CT molecular complexity index is 8590. The highest BCUT2D eigenvalue weighted by atomic mass is 35.5. The van der Waals surface area contributed by atoms with Crippen molar-refractivity contribution in [1.29, 1.82) is 0 Å². The summed E-state index contributed by atoms with van der Waals surface area (Å²) in [7, 11) is 0. The first-order valence-electron chi connectivity index (χ1n) is 41.3. The van der Waals surface area contributed by atoms with E-state index in [1.807, 2.05) is 137 Å². The van der Waals surface area contributed by atoms with Gasteiger partial charge < -0.3 is 4.57 Å². The number of halogens is 2. The topological polar surface area (TPSA) is 161 Å². The third kappa shape index (κ3) is 8.56. The first-order valence-corrected chi connectivity index (χ1v) is 42.1. The van der Waals surface area contributed by atoms with Crippen molar-refractivity contribution in [1.82, 2.24) is 22.8 Å². The molecule has 0 amide bonds. The SMILES string of the molecule is CC(C)C1=CCCC(C(C)C)=C1n1c(=O)c2cc(Cl)c3c4c(Cl)cc5c(=O)n(-c6c(C(C)C)cccc6C(C)C)c(=O)c6cc7c8c9c(=O)n(-c%10c(C(C)C)cccc%10C(C)C)c(=O)c%10cc%11c%12c(c%109)c9c%10c(cc%13c(=O)n(-c%14c(C(C)C)cccc%14C(C)C)c(=O)c%14cc(c%12c%10c%13%14)n%11-c%10ccccc%10)c%10c(c1=O)c2c3c(c7c4c56)c%10c89. The zero-order chi connectivity index (χ0) is 81.5. The smallest absolute Gasteiger partial charge is 0.266 e. The molecule has 0 aliphatic heterocycles. The average molecular weight is 1580 g/mol. The number of aromatic nitrogens is 5. The van der Waals surface area contributed by atoms with Crippen LogP contribution in [-0.2, 0) is 0 Å². The minimum absolute atomic E-state index is 0.104. The van der Waals surface area contributed by atoms with E-state index in [0.29, 0.717) is 165 Å². The Hall–Kier alpha value is -11.9. The fourth-order valence-electron chi connectivity index (χ4n) is 22.4. The maximum Gasteiger partial charge on any atom is 0.266 e. The second kappa shape index (κ2) is 23.9. The molecule has 0 saturated heterocycles. The highest BCUT2D eigenvalue weighted by Crippen LogP contribution is 2.63. The number of fused-ring (bicyclic) bond motifs is 5. The molecule has 0 saturated carbocycles. The van der Waals surface area contributed by atoms with Crippen molar-refractivity contribution in [2.75, 3.05) is 0 Å². The maximum atomic E-state index is 18.2. The van der Waals surface area contributed by atoms with Crippen LogP contribution in [0.5, 0.6) is 0 Å². The van der Waals surface area contributed by atoms with Crippen LogP contribution in [0, 0.1) is 11.8 Å². The van der Waals surface area contributed by atoms with E-state index < -0.39 is 44.5 Å². The number of hydrogen-bond acceptors (Lipinski definition) is 8. The molecule has 0 N–H and O–H groups in total. The molecule has 0 bridgehead atoms. The van der Waals surface area contributed by atoms with Crippen molar-refractivity contribution in [3.63, 3.8) is 0 Å². The lowest BCUT2D eigenvalue weighted by Gasteiger charge is -2.30. The van der Waals surface area contributed by atoms with Crippen molar-refractivity contribution in [3.05, 3.63) is 265 Å². The molecule has 21 aromatic rings. The van der Waals surface area contributed by atoms with Crippen LogP contribution in [0.2, 0.25) is 10.0 Å². The normalized spacial score (nSPS) is 14.1. The molecular weight excluding hydrogens is 1490 g/mol. The summed E-state index contributed by atoms with van der Waals surface area (Å²) in [6.07, 6.45) is 3.41. The van der Waals surface area contributed by atoms with Gasteiger partial charge in [-0.25, -0.2) is 18.3 Å². The van der Waals surface area contributed by atoms with Crippen LogP contribution < -0.4 is 44.5 Å². The lowest BCUT2D eigenvalue weighted by atomic mass is 9.73. The number of hydrogen-bond donors (Lipinski definition) is 0. The summed E-state index contributed by atoms with van der Waals surface area (Å²) in [5.74, 6) is -1.30. The van der Waals surface area contributed by atoms with Gasteiger partial charge in [-0.05, 0) is 175 Å². The Labute approximate surface area is 678 Å². The third-order valence-electron chi connectivity index (χ3n) is 27.1. The Morgan fingerprint density at radius 3 is 0.940 bits per heavy atom. The number of para-hydroxylation sites is 4. The van der Waals surface area contributed by atoms with Crippen LogP contribution in [0.1, 0.15) is 193 Å². The summed E-state index contributed by atoms with van der Waals surface area (Å²) in [6, 6.07) is 38.5. The highest BCUT2D eigenvalue weighted by Gasteiger charge is 2.41. The quantitative estimate of drug-likeness (QED) is 0.0814. The van der Waals surface area contributed by atoms with Crippen molar-refractivity contribution >= 4 is 202 Å². The lowest BCUT2D eigenvalue weighted by Crippen LogP contribution is -2.35. The van der Waals surface area contributed by atoms with Crippen LogP contribution in [0.25, 0.3) is 201 Å². The summed E-state index contributed by atoms with van der Waals surface area (Å²) in [5.41, 5.74) is 5.60. The first-order chi connectivity index (χ1) is 56.0. The molecule has 1 aliphatic rings. The van der Waals surface area contributed by atoms with Gasteiger partial charge in [0.15, 0.2) is 0 Å².